The average molecular weight is 254 g/mol. The Morgan fingerprint density at radius 2 is 1.83 bits per heavy atom. The lowest BCUT2D eigenvalue weighted by atomic mass is 9.85. The van der Waals surface area contributed by atoms with Gasteiger partial charge >= 0.3 is 0 Å². The zero-order valence-corrected chi connectivity index (χ0v) is 12.9. The van der Waals surface area contributed by atoms with Crippen molar-refractivity contribution < 1.29 is 0 Å². The summed E-state index contributed by atoms with van der Waals surface area (Å²) >= 11 is 0. The van der Waals surface area contributed by atoms with Crippen LogP contribution in [0.4, 0.5) is 0 Å². The van der Waals surface area contributed by atoms with Crippen molar-refractivity contribution in [3.05, 3.63) is 0 Å². The fraction of sp³-hybridized carbons (Fsp3) is 1.00. The molecule has 1 N–H and O–H groups in total. The van der Waals surface area contributed by atoms with E-state index in [1.807, 2.05) is 0 Å². The van der Waals surface area contributed by atoms with E-state index in [0.717, 1.165) is 18.5 Å². The average Bonchev–Trinajstić information content (AvgIpc) is 2.38. The van der Waals surface area contributed by atoms with Crippen LogP contribution in [0.5, 0.6) is 0 Å². The first kappa shape index (κ1) is 16.0. The summed E-state index contributed by atoms with van der Waals surface area (Å²) in [6.45, 7) is 8.27. The quantitative estimate of drug-likeness (QED) is 0.632. The standard InChI is InChI=1S/C16H34N2/c1-4-5-6-9-12-17-13-14-18(3)16-11-8-7-10-15(16)2/h15-17H,4-14H2,1-3H3. The lowest BCUT2D eigenvalue weighted by Crippen LogP contribution is -2.42. The molecule has 0 saturated heterocycles. The van der Waals surface area contributed by atoms with Crippen LogP contribution in [-0.4, -0.2) is 37.6 Å². The molecule has 0 radical (unpaired) electrons. The number of rotatable bonds is 9. The molecule has 2 heteroatoms. The molecule has 1 fully saturated rings. The Morgan fingerprint density at radius 1 is 1.06 bits per heavy atom. The molecule has 108 valence electrons. The van der Waals surface area contributed by atoms with E-state index in [9.17, 15) is 0 Å². The third-order valence-corrected chi connectivity index (χ3v) is 4.48. The molecule has 2 unspecified atom stereocenters. The second-order valence-corrected chi connectivity index (χ2v) is 6.12. The summed E-state index contributed by atoms with van der Waals surface area (Å²) < 4.78 is 0. The van der Waals surface area contributed by atoms with Gasteiger partial charge in [-0.25, -0.2) is 0 Å². The van der Waals surface area contributed by atoms with Gasteiger partial charge in [-0.05, 0) is 38.8 Å². The molecule has 0 aromatic carbocycles. The number of nitrogens with one attached hydrogen (secondary N) is 1. The summed E-state index contributed by atoms with van der Waals surface area (Å²) in [7, 11) is 2.31. The molecule has 1 aliphatic rings. The van der Waals surface area contributed by atoms with Crippen molar-refractivity contribution in [2.24, 2.45) is 5.92 Å². The van der Waals surface area contributed by atoms with Gasteiger partial charge < -0.3 is 10.2 Å². The Balaban J connectivity index is 2.00. The van der Waals surface area contributed by atoms with E-state index < -0.39 is 0 Å². The van der Waals surface area contributed by atoms with E-state index in [1.54, 1.807) is 0 Å². The molecular weight excluding hydrogens is 220 g/mol. The predicted octanol–water partition coefficient (Wildman–Crippen LogP) is 3.67. The molecule has 0 aromatic rings. The van der Waals surface area contributed by atoms with Crippen LogP contribution in [0.1, 0.15) is 65.2 Å². The smallest absolute Gasteiger partial charge is 0.0118 e. The van der Waals surface area contributed by atoms with Crippen molar-refractivity contribution in [3.8, 4) is 0 Å². The van der Waals surface area contributed by atoms with Crippen molar-refractivity contribution in [1.82, 2.24) is 10.2 Å². The minimum absolute atomic E-state index is 0.834. The van der Waals surface area contributed by atoms with Crippen LogP contribution in [0.3, 0.4) is 0 Å². The minimum atomic E-state index is 0.834. The van der Waals surface area contributed by atoms with Crippen molar-refractivity contribution in [3.63, 3.8) is 0 Å². The number of hydrogen-bond donors (Lipinski definition) is 1. The minimum Gasteiger partial charge on any atom is -0.315 e. The molecule has 0 amide bonds. The van der Waals surface area contributed by atoms with Gasteiger partial charge in [0.2, 0.25) is 0 Å². The Kier molecular flexibility index (Phi) is 8.70. The molecule has 0 heterocycles. The fourth-order valence-corrected chi connectivity index (χ4v) is 3.17. The summed E-state index contributed by atoms with van der Waals surface area (Å²) in [5.41, 5.74) is 0. The molecule has 1 aliphatic carbocycles. The Labute approximate surface area is 115 Å². The maximum Gasteiger partial charge on any atom is 0.0118 e. The van der Waals surface area contributed by atoms with E-state index in [1.165, 1.54) is 64.5 Å². The summed E-state index contributed by atoms with van der Waals surface area (Å²) in [6, 6.07) is 0.834. The molecule has 0 aromatic heterocycles. The van der Waals surface area contributed by atoms with Crippen LogP contribution in [0.25, 0.3) is 0 Å². The number of hydrogen-bond acceptors (Lipinski definition) is 2. The number of nitrogens with zero attached hydrogens (tertiary/aromatic N) is 1. The first-order valence-electron chi connectivity index (χ1n) is 8.16. The highest BCUT2D eigenvalue weighted by molar-refractivity contribution is 4.79. The monoisotopic (exact) mass is 254 g/mol. The molecule has 0 aliphatic heterocycles. The third-order valence-electron chi connectivity index (χ3n) is 4.48. The molecule has 0 spiro atoms. The normalized spacial score (nSPS) is 24.7. The topological polar surface area (TPSA) is 15.3 Å². The van der Waals surface area contributed by atoms with Gasteiger partial charge in [-0.15, -0.1) is 0 Å². The molecular formula is C16H34N2. The van der Waals surface area contributed by atoms with Gasteiger partial charge in [0.25, 0.3) is 0 Å². The zero-order chi connectivity index (χ0) is 13.2. The van der Waals surface area contributed by atoms with Crippen LogP contribution in [0, 0.1) is 5.92 Å². The molecule has 18 heavy (non-hydrogen) atoms. The van der Waals surface area contributed by atoms with E-state index in [4.69, 9.17) is 0 Å². The van der Waals surface area contributed by atoms with Gasteiger partial charge in [-0.1, -0.05) is 46.0 Å². The van der Waals surface area contributed by atoms with Crippen molar-refractivity contribution in [1.29, 1.82) is 0 Å². The van der Waals surface area contributed by atoms with Crippen molar-refractivity contribution >= 4 is 0 Å². The van der Waals surface area contributed by atoms with E-state index >= 15 is 0 Å². The molecule has 0 bridgehead atoms. The van der Waals surface area contributed by atoms with Gasteiger partial charge in [0, 0.05) is 19.1 Å². The lowest BCUT2D eigenvalue weighted by Gasteiger charge is -2.36. The van der Waals surface area contributed by atoms with Crippen LogP contribution < -0.4 is 5.32 Å². The highest BCUT2D eigenvalue weighted by Crippen LogP contribution is 2.26. The van der Waals surface area contributed by atoms with Crippen LogP contribution in [-0.2, 0) is 0 Å². The summed E-state index contributed by atoms with van der Waals surface area (Å²) in [5.74, 6) is 0.897. The first-order chi connectivity index (χ1) is 8.75. The van der Waals surface area contributed by atoms with Gasteiger partial charge in [0.15, 0.2) is 0 Å². The summed E-state index contributed by atoms with van der Waals surface area (Å²) in [4.78, 5) is 2.59. The van der Waals surface area contributed by atoms with Crippen LogP contribution in [0.2, 0.25) is 0 Å². The predicted molar refractivity (Wildman–Crippen MR) is 81.1 cm³/mol. The van der Waals surface area contributed by atoms with E-state index in [2.05, 4.69) is 31.1 Å². The van der Waals surface area contributed by atoms with Crippen molar-refractivity contribution in [2.45, 2.75) is 71.3 Å². The SMILES string of the molecule is CCCCCCNCCN(C)C1CCCCC1C. The van der Waals surface area contributed by atoms with Gasteiger partial charge in [-0.2, -0.15) is 0 Å². The summed E-state index contributed by atoms with van der Waals surface area (Å²) in [6.07, 6.45) is 11.2. The molecule has 1 rings (SSSR count). The lowest BCUT2D eigenvalue weighted by molar-refractivity contribution is 0.140. The molecule has 2 nitrogen and oxygen atoms in total. The van der Waals surface area contributed by atoms with E-state index in [0.29, 0.717) is 0 Å². The Hall–Kier alpha value is -0.0800. The number of likely N-dealkylation sites (N-methyl/N-ethyl adjacent to an activating group) is 1. The van der Waals surface area contributed by atoms with Gasteiger partial charge in [0.05, 0.1) is 0 Å². The zero-order valence-electron chi connectivity index (χ0n) is 12.9. The van der Waals surface area contributed by atoms with Crippen molar-refractivity contribution in [2.75, 3.05) is 26.7 Å². The Morgan fingerprint density at radius 3 is 2.56 bits per heavy atom. The molecule has 1 saturated carbocycles. The van der Waals surface area contributed by atoms with Crippen LogP contribution in [0.15, 0.2) is 0 Å². The van der Waals surface area contributed by atoms with Gasteiger partial charge in [-0.3, -0.25) is 0 Å². The maximum atomic E-state index is 3.59. The highest BCUT2D eigenvalue weighted by atomic mass is 15.1. The largest absolute Gasteiger partial charge is 0.315 e. The highest BCUT2D eigenvalue weighted by Gasteiger charge is 2.24. The van der Waals surface area contributed by atoms with Crippen LogP contribution >= 0.6 is 0 Å². The van der Waals surface area contributed by atoms with Gasteiger partial charge in [0.1, 0.15) is 0 Å². The first-order valence-corrected chi connectivity index (χ1v) is 8.16. The maximum absolute atomic E-state index is 3.59. The molecule has 2 atom stereocenters. The second kappa shape index (κ2) is 9.80. The fourth-order valence-electron chi connectivity index (χ4n) is 3.17. The summed E-state index contributed by atoms with van der Waals surface area (Å²) in [5, 5.41) is 3.59. The third kappa shape index (κ3) is 6.19. The second-order valence-electron chi connectivity index (χ2n) is 6.12. The van der Waals surface area contributed by atoms with E-state index in [-0.39, 0.29) is 0 Å². The number of unbranched alkanes of at least 4 members (excludes halogenated alkanes) is 3. The Bertz CT molecular complexity index is 194.